The minimum absolute atomic E-state index is 0.277. The first-order valence-corrected chi connectivity index (χ1v) is 14.3. The molecule has 34 heavy (non-hydrogen) atoms. The molecular formula is C30H54O4. The van der Waals surface area contributed by atoms with Crippen molar-refractivity contribution in [3.05, 3.63) is 24.5 Å². The average molecular weight is 479 g/mol. The van der Waals surface area contributed by atoms with Gasteiger partial charge in [0, 0.05) is 6.08 Å². The highest BCUT2D eigenvalue weighted by atomic mass is 16.5. The van der Waals surface area contributed by atoms with E-state index in [1.165, 1.54) is 122 Å². The van der Waals surface area contributed by atoms with Gasteiger partial charge in [0.2, 0.25) is 0 Å². The second-order valence-corrected chi connectivity index (χ2v) is 9.65. The van der Waals surface area contributed by atoms with E-state index in [0.717, 1.165) is 25.2 Å². The van der Waals surface area contributed by atoms with E-state index in [4.69, 9.17) is 9.47 Å². The molecule has 0 rings (SSSR count). The molecule has 0 spiro atoms. The van der Waals surface area contributed by atoms with Crippen molar-refractivity contribution in [3.63, 3.8) is 0 Å². The highest BCUT2D eigenvalue weighted by Gasteiger charge is 2.06. The predicted molar refractivity (Wildman–Crippen MR) is 144 cm³/mol. The van der Waals surface area contributed by atoms with Gasteiger partial charge in [0.1, 0.15) is 6.26 Å². The van der Waals surface area contributed by atoms with Crippen molar-refractivity contribution in [1.82, 2.24) is 0 Å². The Morgan fingerprint density at radius 1 is 0.618 bits per heavy atom. The first-order valence-electron chi connectivity index (χ1n) is 14.3. The summed E-state index contributed by atoms with van der Waals surface area (Å²) in [5.74, 6) is -1.03. The summed E-state index contributed by atoms with van der Waals surface area (Å²) in [7, 11) is 0. The first-order chi connectivity index (χ1) is 16.6. The molecule has 0 aromatic rings. The van der Waals surface area contributed by atoms with Crippen LogP contribution in [0, 0.1) is 0 Å². The summed E-state index contributed by atoms with van der Waals surface area (Å²) in [5, 5.41) is 0. The van der Waals surface area contributed by atoms with Gasteiger partial charge in [-0.05, 0) is 13.3 Å². The lowest BCUT2D eigenvalue weighted by Gasteiger charge is -2.05. The van der Waals surface area contributed by atoms with E-state index >= 15 is 0 Å². The van der Waals surface area contributed by atoms with Gasteiger partial charge < -0.3 is 9.47 Å². The molecule has 0 aliphatic rings. The fourth-order valence-electron chi connectivity index (χ4n) is 4.06. The molecule has 0 atom stereocenters. The number of unbranched alkanes of at least 4 members (excludes halogenated alkanes) is 20. The molecule has 0 aliphatic heterocycles. The van der Waals surface area contributed by atoms with Crippen LogP contribution in [-0.4, -0.2) is 18.5 Å². The SMILES string of the molecule is C=CC(=O)OC=C(C)C(=O)OCCCCCCCCCCCCCCCCCCCCCCC. The Morgan fingerprint density at radius 3 is 1.32 bits per heavy atom. The Kier molecular flexibility index (Phi) is 24.8. The maximum Gasteiger partial charge on any atom is 0.336 e. The minimum Gasteiger partial charge on any atom is -0.462 e. The zero-order chi connectivity index (χ0) is 25.1. The van der Waals surface area contributed by atoms with E-state index in [1.54, 1.807) is 6.92 Å². The summed E-state index contributed by atoms with van der Waals surface area (Å²) in [6.45, 7) is 7.56. The average Bonchev–Trinajstić information content (AvgIpc) is 2.85. The van der Waals surface area contributed by atoms with Crippen LogP contribution in [-0.2, 0) is 19.1 Å². The van der Waals surface area contributed by atoms with Gasteiger partial charge in [0.25, 0.3) is 0 Å². The van der Waals surface area contributed by atoms with Crippen molar-refractivity contribution in [2.75, 3.05) is 6.61 Å². The third-order valence-electron chi connectivity index (χ3n) is 6.32. The molecular weight excluding hydrogens is 424 g/mol. The van der Waals surface area contributed by atoms with Crippen LogP contribution < -0.4 is 0 Å². The Bertz CT molecular complexity index is 524. The van der Waals surface area contributed by atoms with Gasteiger partial charge in [-0.3, -0.25) is 0 Å². The number of ether oxygens (including phenoxy) is 2. The van der Waals surface area contributed by atoms with Gasteiger partial charge in [-0.15, -0.1) is 0 Å². The zero-order valence-electron chi connectivity index (χ0n) is 22.6. The lowest BCUT2D eigenvalue weighted by atomic mass is 10.0. The smallest absolute Gasteiger partial charge is 0.336 e. The minimum atomic E-state index is -0.587. The molecule has 0 unspecified atom stereocenters. The lowest BCUT2D eigenvalue weighted by molar-refractivity contribution is -0.139. The van der Waals surface area contributed by atoms with Crippen LogP contribution in [0.25, 0.3) is 0 Å². The molecule has 0 saturated heterocycles. The van der Waals surface area contributed by atoms with Crippen molar-refractivity contribution in [3.8, 4) is 0 Å². The molecule has 0 bridgehead atoms. The number of carbonyl (C=O) groups is 2. The lowest BCUT2D eigenvalue weighted by Crippen LogP contribution is -2.08. The van der Waals surface area contributed by atoms with Crippen molar-refractivity contribution in [1.29, 1.82) is 0 Å². The summed E-state index contributed by atoms with van der Waals surface area (Å²) >= 11 is 0. The van der Waals surface area contributed by atoms with Crippen LogP contribution in [0.5, 0.6) is 0 Å². The largest absolute Gasteiger partial charge is 0.462 e. The molecule has 0 radical (unpaired) electrons. The summed E-state index contributed by atoms with van der Waals surface area (Å²) in [6, 6.07) is 0. The second kappa shape index (κ2) is 26.0. The molecule has 4 nitrogen and oxygen atoms in total. The number of rotatable bonds is 25. The van der Waals surface area contributed by atoms with Crippen molar-refractivity contribution in [2.24, 2.45) is 0 Å². The zero-order valence-corrected chi connectivity index (χ0v) is 22.6. The van der Waals surface area contributed by atoms with Gasteiger partial charge in [-0.25, -0.2) is 9.59 Å². The van der Waals surface area contributed by atoms with Crippen LogP contribution in [0.15, 0.2) is 24.5 Å². The molecule has 0 amide bonds. The number of esters is 2. The Morgan fingerprint density at radius 2 is 0.971 bits per heavy atom. The molecule has 0 N–H and O–H groups in total. The Labute approximate surface area is 210 Å². The van der Waals surface area contributed by atoms with Crippen LogP contribution in [0.3, 0.4) is 0 Å². The molecule has 0 heterocycles. The fraction of sp³-hybridized carbons (Fsp3) is 0.800. The summed E-state index contributed by atoms with van der Waals surface area (Å²) < 4.78 is 9.89. The Balaban J connectivity index is 3.25. The van der Waals surface area contributed by atoms with Gasteiger partial charge in [0.05, 0.1) is 12.2 Å². The molecule has 198 valence electrons. The molecule has 0 aliphatic carbocycles. The number of hydrogen-bond donors (Lipinski definition) is 0. The third-order valence-corrected chi connectivity index (χ3v) is 6.32. The van der Waals surface area contributed by atoms with Crippen LogP contribution >= 0.6 is 0 Å². The molecule has 0 aromatic carbocycles. The van der Waals surface area contributed by atoms with Crippen LogP contribution in [0.1, 0.15) is 149 Å². The summed E-state index contributed by atoms with van der Waals surface area (Å²) in [5.41, 5.74) is 0.277. The van der Waals surface area contributed by atoms with E-state index < -0.39 is 11.9 Å². The highest BCUT2D eigenvalue weighted by molar-refractivity contribution is 5.88. The molecule has 4 heteroatoms. The topological polar surface area (TPSA) is 52.6 Å². The third kappa shape index (κ3) is 23.6. The fourth-order valence-corrected chi connectivity index (χ4v) is 4.06. The van der Waals surface area contributed by atoms with Crippen molar-refractivity contribution < 1.29 is 19.1 Å². The van der Waals surface area contributed by atoms with Crippen molar-refractivity contribution in [2.45, 2.75) is 149 Å². The maximum atomic E-state index is 11.7. The second-order valence-electron chi connectivity index (χ2n) is 9.65. The van der Waals surface area contributed by atoms with Crippen LogP contribution in [0.2, 0.25) is 0 Å². The summed E-state index contributed by atoms with van der Waals surface area (Å²) in [6.07, 6.45) is 30.6. The molecule has 0 saturated carbocycles. The normalized spacial score (nSPS) is 11.4. The highest BCUT2D eigenvalue weighted by Crippen LogP contribution is 2.15. The van der Waals surface area contributed by atoms with Crippen LogP contribution in [0.4, 0.5) is 0 Å². The van der Waals surface area contributed by atoms with Gasteiger partial charge >= 0.3 is 11.9 Å². The van der Waals surface area contributed by atoms with Gasteiger partial charge in [-0.1, -0.05) is 142 Å². The van der Waals surface area contributed by atoms with E-state index in [2.05, 4.69) is 13.5 Å². The Hall–Kier alpha value is -1.58. The van der Waals surface area contributed by atoms with E-state index in [0.29, 0.717) is 6.61 Å². The van der Waals surface area contributed by atoms with Gasteiger partial charge in [-0.2, -0.15) is 0 Å². The van der Waals surface area contributed by atoms with E-state index in [-0.39, 0.29) is 5.57 Å². The number of carbonyl (C=O) groups excluding carboxylic acids is 2. The summed E-state index contributed by atoms with van der Waals surface area (Å²) in [4.78, 5) is 22.7. The maximum absolute atomic E-state index is 11.7. The standard InChI is InChI=1S/C30H54O4/c1-4-6-7-8-9-10-11-12-13-14-15-16-17-18-19-20-21-22-23-24-25-26-33-30(32)28(3)27-34-29(31)5-2/h5,27H,2,4,6-26H2,1,3H3. The van der Waals surface area contributed by atoms with Gasteiger partial charge in [0.15, 0.2) is 0 Å². The van der Waals surface area contributed by atoms with E-state index in [9.17, 15) is 9.59 Å². The van der Waals surface area contributed by atoms with E-state index in [1.807, 2.05) is 0 Å². The van der Waals surface area contributed by atoms with Crippen molar-refractivity contribution >= 4 is 11.9 Å². The molecule has 0 aromatic heterocycles. The monoisotopic (exact) mass is 478 g/mol. The number of hydrogen-bond acceptors (Lipinski definition) is 4. The molecule has 0 fully saturated rings. The predicted octanol–water partition coefficient (Wildman–Crippen LogP) is 9.37. The quantitative estimate of drug-likeness (QED) is 0.0567. The first kappa shape index (κ1) is 32.4.